The van der Waals surface area contributed by atoms with Crippen LogP contribution in [-0.4, -0.2) is 6.21 Å². The van der Waals surface area contributed by atoms with Crippen LogP contribution in [0.1, 0.15) is 16.7 Å². The van der Waals surface area contributed by atoms with E-state index in [2.05, 4.69) is 10.5 Å². The molecule has 144 valence electrons. The van der Waals surface area contributed by atoms with Crippen LogP contribution < -0.4 is 10.2 Å². The third-order valence-electron chi connectivity index (χ3n) is 3.89. The number of hydrogen-bond donors (Lipinski definition) is 1. The molecule has 0 bridgehead atoms. The van der Waals surface area contributed by atoms with Crippen LogP contribution in [0.25, 0.3) is 0 Å². The zero-order chi connectivity index (χ0) is 19.9. The zero-order valence-electron chi connectivity index (χ0n) is 14.6. The monoisotopic (exact) mass is 452 g/mol. The minimum Gasteiger partial charge on any atom is -0.488 e. The highest BCUT2D eigenvalue weighted by atomic mass is 35.5. The molecule has 3 aromatic carbocycles. The largest absolute Gasteiger partial charge is 0.488 e. The molecule has 0 spiro atoms. The van der Waals surface area contributed by atoms with Crippen molar-refractivity contribution in [3.05, 3.63) is 97.4 Å². The van der Waals surface area contributed by atoms with E-state index in [9.17, 15) is 0 Å². The summed E-state index contributed by atoms with van der Waals surface area (Å²) in [5.41, 5.74) is 5.49. The summed E-state index contributed by atoms with van der Waals surface area (Å²) in [4.78, 5) is 0. The van der Waals surface area contributed by atoms with Crippen LogP contribution in [0.5, 0.6) is 5.75 Å². The summed E-state index contributed by atoms with van der Waals surface area (Å²) >= 11 is 24.3. The van der Waals surface area contributed by atoms with Gasteiger partial charge in [-0.15, -0.1) is 0 Å². The summed E-state index contributed by atoms with van der Waals surface area (Å²) < 4.78 is 5.91. The molecule has 0 unspecified atom stereocenters. The molecular formula is C21H16Cl4N2O. The van der Waals surface area contributed by atoms with E-state index >= 15 is 0 Å². The van der Waals surface area contributed by atoms with Crippen molar-refractivity contribution in [1.29, 1.82) is 0 Å². The van der Waals surface area contributed by atoms with Crippen molar-refractivity contribution in [2.24, 2.45) is 5.10 Å². The molecule has 0 fully saturated rings. The fraction of sp³-hybridized carbons (Fsp3) is 0.0952. The van der Waals surface area contributed by atoms with Crippen molar-refractivity contribution >= 4 is 52.6 Å². The van der Waals surface area contributed by atoms with Crippen LogP contribution in [0, 0.1) is 0 Å². The van der Waals surface area contributed by atoms with Gasteiger partial charge < -0.3 is 10.2 Å². The Labute approximate surface area is 183 Å². The third-order valence-corrected chi connectivity index (χ3v) is 5.09. The Morgan fingerprint density at radius 1 is 0.857 bits per heavy atom. The molecule has 0 saturated heterocycles. The minimum atomic E-state index is 0.399. The van der Waals surface area contributed by atoms with Crippen molar-refractivity contribution in [3.8, 4) is 5.75 Å². The number of ether oxygens (including phenoxy) is 1. The molecule has 0 amide bonds. The minimum absolute atomic E-state index is 0.399. The van der Waals surface area contributed by atoms with E-state index in [0.29, 0.717) is 39.0 Å². The van der Waals surface area contributed by atoms with E-state index in [4.69, 9.17) is 51.1 Å². The molecule has 1 N–H and O–H groups in total. The van der Waals surface area contributed by atoms with Crippen LogP contribution in [0.3, 0.4) is 0 Å². The Balaban J connectivity index is 1.66. The highest BCUT2D eigenvalue weighted by Crippen LogP contribution is 2.24. The number of hydrazone groups is 1. The van der Waals surface area contributed by atoms with Gasteiger partial charge in [0.1, 0.15) is 12.4 Å². The SMILES string of the molecule is Clc1ccc(COc2ccc(Cl)cc2/C=N/NCc2c(Cl)cccc2Cl)cc1. The third kappa shape index (κ3) is 5.79. The maximum Gasteiger partial charge on any atom is 0.128 e. The number of rotatable bonds is 7. The maximum absolute atomic E-state index is 6.16. The van der Waals surface area contributed by atoms with Gasteiger partial charge in [0.15, 0.2) is 0 Å². The van der Waals surface area contributed by atoms with Gasteiger partial charge in [0.05, 0.1) is 12.8 Å². The van der Waals surface area contributed by atoms with E-state index in [0.717, 1.165) is 16.7 Å². The van der Waals surface area contributed by atoms with Crippen LogP contribution in [0.15, 0.2) is 65.8 Å². The Hall–Kier alpha value is -1.91. The predicted octanol–water partition coefficient (Wildman–Crippen LogP) is 7.00. The van der Waals surface area contributed by atoms with Crippen molar-refractivity contribution in [1.82, 2.24) is 5.43 Å². The number of nitrogens with one attached hydrogen (secondary N) is 1. The number of nitrogens with zero attached hydrogens (tertiary/aromatic N) is 1. The molecule has 0 atom stereocenters. The van der Waals surface area contributed by atoms with Gasteiger partial charge in [0.2, 0.25) is 0 Å². The molecule has 3 nitrogen and oxygen atoms in total. The summed E-state index contributed by atoms with van der Waals surface area (Å²) in [6.07, 6.45) is 1.65. The average molecular weight is 454 g/mol. The number of benzene rings is 3. The fourth-order valence-electron chi connectivity index (χ4n) is 2.43. The lowest BCUT2D eigenvalue weighted by atomic mass is 10.2. The van der Waals surface area contributed by atoms with Gasteiger partial charge in [-0.3, -0.25) is 0 Å². The highest BCUT2D eigenvalue weighted by Gasteiger charge is 2.06. The van der Waals surface area contributed by atoms with Crippen LogP contribution in [0.2, 0.25) is 20.1 Å². The second-order valence-electron chi connectivity index (χ2n) is 5.89. The molecule has 3 aromatic rings. The molecule has 0 aliphatic carbocycles. The quantitative estimate of drug-likeness (QED) is 0.308. The van der Waals surface area contributed by atoms with E-state index in [-0.39, 0.29) is 0 Å². The summed E-state index contributed by atoms with van der Waals surface area (Å²) in [5, 5.41) is 6.69. The number of halogens is 4. The van der Waals surface area contributed by atoms with E-state index in [1.54, 1.807) is 36.5 Å². The Morgan fingerprint density at radius 3 is 2.25 bits per heavy atom. The van der Waals surface area contributed by atoms with E-state index in [1.807, 2.05) is 30.3 Å². The Morgan fingerprint density at radius 2 is 1.54 bits per heavy atom. The van der Waals surface area contributed by atoms with Crippen LogP contribution >= 0.6 is 46.4 Å². The molecule has 0 aliphatic heterocycles. The molecule has 28 heavy (non-hydrogen) atoms. The van der Waals surface area contributed by atoms with E-state index < -0.39 is 0 Å². The van der Waals surface area contributed by atoms with Crippen molar-refractivity contribution < 1.29 is 4.74 Å². The Kier molecular flexibility index (Phi) is 7.46. The van der Waals surface area contributed by atoms with Gasteiger partial charge in [-0.25, -0.2) is 0 Å². The summed E-state index contributed by atoms with van der Waals surface area (Å²) in [6.45, 7) is 0.804. The molecule has 0 heterocycles. The molecular weight excluding hydrogens is 438 g/mol. The molecule has 0 radical (unpaired) electrons. The lowest BCUT2D eigenvalue weighted by Gasteiger charge is -2.10. The highest BCUT2D eigenvalue weighted by molar-refractivity contribution is 6.36. The second-order valence-corrected chi connectivity index (χ2v) is 7.58. The van der Waals surface area contributed by atoms with Crippen LogP contribution in [0.4, 0.5) is 0 Å². The predicted molar refractivity (Wildman–Crippen MR) is 118 cm³/mol. The first kappa shape index (κ1) is 20.8. The average Bonchev–Trinajstić information content (AvgIpc) is 2.67. The first-order valence-corrected chi connectivity index (χ1v) is 9.90. The summed E-state index contributed by atoms with van der Waals surface area (Å²) in [5.74, 6) is 0.667. The molecule has 3 rings (SSSR count). The first-order valence-electron chi connectivity index (χ1n) is 8.38. The number of hydrogen-bond acceptors (Lipinski definition) is 3. The van der Waals surface area contributed by atoms with Crippen molar-refractivity contribution in [2.75, 3.05) is 0 Å². The fourth-order valence-corrected chi connectivity index (χ4v) is 3.27. The van der Waals surface area contributed by atoms with Gasteiger partial charge >= 0.3 is 0 Å². The zero-order valence-corrected chi connectivity index (χ0v) is 17.7. The second kappa shape index (κ2) is 10.0. The van der Waals surface area contributed by atoms with Gasteiger partial charge in [0, 0.05) is 31.2 Å². The summed E-state index contributed by atoms with van der Waals surface area (Å²) in [6, 6.07) is 18.2. The van der Waals surface area contributed by atoms with Gasteiger partial charge in [-0.2, -0.15) is 5.10 Å². The molecule has 0 aliphatic rings. The molecule has 7 heteroatoms. The normalized spacial score (nSPS) is 11.0. The van der Waals surface area contributed by atoms with Crippen LogP contribution in [-0.2, 0) is 13.2 Å². The summed E-state index contributed by atoms with van der Waals surface area (Å²) in [7, 11) is 0. The van der Waals surface area contributed by atoms with Gasteiger partial charge in [-0.1, -0.05) is 64.6 Å². The van der Waals surface area contributed by atoms with E-state index in [1.165, 1.54) is 0 Å². The first-order chi connectivity index (χ1) is 13.5. The lowest BCUT2D eigenvalue weighted by Crippen LogP contribution is -2.07. The smallest absolute Gasteiger partial charge is 0.128 e. The Bertz CT molecular complexity index is 954. The molecule has 0 aromatic heterocycles. The standard InChI is InChI=1S/C21H16Cl4N2O/c22-16-6-4-14(5-7-16)13-28-21-9-8-17(23)10-15(21)11-26-27-12-18-19(24)2-1-3-20(18)25/h1-11,27H,12-13H2/b26-11+. The van der Waals surface area contributed by atoms with Crippen molar-refractivity contribution in [2.45, 2.75) is 13.2 Å². The maximum atomic E-state index is 6.16. The molecule has 0 saturated carbocycles. The topological polar surface area (TPSA) is 33.6 Å². The van der Waals surface area contributed by atoms with Gasteiger partial charge in [0.25, 0.3) is 0 Å². The lowest BCUT2D eigenvalue weighted by molar-refractivity contribution is 0.306. The van der Waals surface area contributed by atoms with Gasteiger partial charge in [-0.05, 0) is 48.0 Å². The van der Waals surface area contributed by atoms with Crippen molar-refractivity contribution in [3.63, 3.8) is 0 Å².